The molecule has 1 fully saturated rings. The molecule has 1 N–H and O–H groups in total. The molecule has 1 aliphatic heterocycles. The van der Waals surface area contributed by atoms with E-state index in [0.717, 1.165) is 18.0 Å². The zero-order valence-electron chi connectivity index (χ0n) is 8.86. The molecule has 0 aromatic heterocycles. The van der Waals surface area contributed by atoms with E-state index in [2.05, 4.69) is 18.0 Å². The Hall–Kier alpha value is -0.570. The maximum atomic E-state index is 9.15. The van der Waals surface area contributed by atoms with Gasteiger partial charge in [0, 0.05) is 24.2 Å². The minimum absolute atomic E-state index is 0.279. The molecule has 2 rings (SSSR count). The number of hydrogen-bond acceptors (Lipinski definition) is 2. The monoisotopic (exact) mass is 225 g/mol. The molecule has 0 spiro atoms. The first-order valence-corrected chi connectivity index (χ1v) is 5.65. The molecule has 0 bridgehead atoms. The molecule has 15 heavy (non-hydrogen) atoms. The number of halogens is 1. The SMILES string of the molecule is CN1CC(CO)CC1c1cccc(Cl)c1. The largest absolute Gasteiger partial charge is 0.396 e. The van der Waals surface area contributed by atoms with Crippen LogP contribution in [0, 0.1) is 5.92 Å². The van der Waals surface area contributed by atoms with Gasteiger partial charge in [0.25, 0.3) is 0 Å². The number of rotatable bonds is 2. The number of aliphatic hydroxyl groups is 1. The van der Waals surface area contributed by atoms with E-state index in [1.165, 1.54) is 5.56 Å². The van der Waals surface area contributed by atoms with Crippen molar-refractivity contribution in [2.45, 2.75) is 12.5 Å². The second kappa shape index (κ2) is 4.52. The van der Waals surface area contributed by atoms with E-state index in [4.69, 9.17) is 16.7 Å². The molecule has 0 aliphatic carbocycles. The number of hydrogen-bond donors (Lipinski definition) is 1. The van der Waals surface area contributed by atoms with Gasteiger partial charge < -0.3 is 5.11 Å². The van der Waals surface area contributed by atoms with E-state index in [0.29, 0.717) is 12.0 Å². The first kappa shape index (κ1) is 10.9. The van der Waals surface area contributed by atoms with Crippen LogP contribution in [0.2, 0.25) is 5.02 Å². The summed E-state index contributed by atoms with van der Waals surface area (Å²) in [4.78, 5) is 2.28. The summed E-state index contributed by atoms with van der Waals surface area (Å²) in [6, 6.07) is 8.40. The summed E-state index contributed by atoms with van der Waals surface area (Å²) >= 11 is 5.97. The standard InChI is InChI=1S/C12H16ClNO/c1-14-7-9(8-15)5-12(14)10-3-2-4-11(13)6-10/h2-4,6,9,12,15H,5,7-8H2,1H3. The molecule has 82 valence electrons. The van der Waals surface area contributed by atoms with E-state index in [1.807, 2.05) is 18.2 Å². The topological polar surface area (TPSA) is 23.5 Å². The Morgan fingerprint density at radius 1 is 1.53 bits per heavy atom. The van der Waals surface area contributed by atoms with E-state index in [9.17, 15) is 0 Å². The summed E-state index contributed by atoms with van der Waals surface area (Å²) in [5.41, 5.74) is 1.25. The lowest BCUT2D eigenvalue weighted by Crippen LogP contribution is -2.18. The molecule has 1 aliphatic rings. The zero-order chi connectivity index (χ0) is 10.8. The molecular weight excluding hydrogens is 210 g/mol. The van der Waals surface area contributed by atoms with Gasteiger partial charge in [0.2, 0.25) is 0 Å². The van der Waals surface area contributed by atoms with Crippen molar-refractivity contribution in [2.24, 2.45) is 5.92 Å². The molecule has 0 saturated carbocycles. The van der Waals surface area contributed by atoms with Gasteiger partial charge in [0.05, 0.1) is 0 Å². The highest BCUT2D eigenvalue weighted by Crippen LogP contribution is 2.34. The molecule has 1 heterocycles. The van der Waals surface area contributed by atoms with Crippen LogP contribution in [0.3, 0.4) is 0 Å². The lowest BCUT2D eigenvalue weighted by atomic mass is 10.0. The average Bonchev–Trinajstić information content (AvgIpc) is 2.60. The molecule has 1 aromatic carbocycles. The van der Waals surface area contributed by atoms with Gasteiger partial charge in [-0.15, -0.1) is 0 Å². The van der Waals surface area contributed by atoms with E-state index in [1.54, 1.807) is 0 Å². The Morgan fingerprint density at radius 3 is 2.93 bits per heavy atom. The van der Waals surface area contributed by atoms with Crippen molar-refractivity contribution < 1.29 is 5.11 Å². The number of likely N-dealkylation sites (tertiary alicyclic amines) is 1. The summed E-state index contributed by atoms with van der Waals surface area (Å²) in [6.45, 7) is 1.25. The maximum Gasteiger partial charge on any atom is 0.0472 e. The van der Waals surface area contributed by atoms with Crippen molar-refractivity contribution in [1.82, 2.24) is 4.90 Å². The quantitative estimate of drug-likeness (QED) is 0.835. The fraction of sp³-hybridized carbons (Fsp3) is 0.500. The molecule has 1 saturated heterocycles. The Labute approximate surface area is 95.5 Å². The Morgan fingerprint density at radius 2 is 2.33 bits per heavy atom. The second-order valence-corrected chi connectivity index (χ2v) is 4.73. The van der Waals surface area contributed by atoms with Crippen molar-refractivity contribution in [3.63, 3.8) is 0 Å². The van der Waals surface area contributed by atoms with Gasteiger partial charge in [-0.3, -0.25) is 4.90 Å². The molecule has 0 radical (unpaired) electrons. The fourth-order valence-electron chi connectivity index (χ4n) is 2.34. The minimum atomic E-state index is 0.279. The molecule has 0 amide bonds. The maximum absolute atomic E-state index is 9.15. The summed E-state index contributed by atoms with van der Waals surface area (Å²) in [5, 5.41) is 9.94. The first-order valence-electron chi connectivity index (χ1n) is 5.27. The highest BCUT2D eigenvalue weighted by atomic mass is 35.5. The third-order valence-electron chi connectivity index (χ3n) is 3.13. The van der Waals surface area contributed by atoms with Crippen molar-refractivity contribution >= 4 is 11.6 Å². The van der Waals surface area contributed by atoms with Gasteiger partial charge in [-0.05, 0) is 37.1 Å². The van der Waals surface area contributed by atoms with Crippen molar-refractivity contribution in [1.29, 1.82) is 0 Å². The highest BCUT2D eigenvalue weighted by molar-refractivity contribution is 6.30. The molecular formula is C12H16ClNO. The predicted molar refractivity (Wildman–Crippen MR) is 62.0 cm³/mol. The van der Waals surface area contributed by atoms with Crippen LogP contribution < -0.4 is 0 Å². The van der Waals surface area contributed by atoms with Crippen molar-refractivity contribution in [2.75, 3.05) is 20.2 Å². The van der Waals surface area contributed by atoms with Crippen LogP contribution in [-0.4, -0.2) is 30.2 Å². The Kier molecular flexibility index (Phi) is 3.29. The molecule has 2 nitrogen and oxygen atoms in total. The summed E-state index contributed by atoms with van der Waals surface area (Å²) < 4.78 is 0. The Balaban J connectivity index is 2.17. The minimum Gasteiger partial charge on any atom is -0.396 e. The van der Waals surface area contributed by atoms with Crippen LogP contribution >= 0.6 is 11.6 Å². The van der Waals surface area contributed by atoms with E-state index >= 15 is 0 Å². The predicted octanol–water partition coefficient (Wildman–Crippen LogP) is 2.33. The van der Waals surface area contributed by atoms with Crippen LogP contribution in [0.25, 0.3) is 0 Å². The molecule has 2 unspecified atom stereocenters. The molecule has 3 heteroatoms. The van der Waals surface area contributed by atoms with Gasteiger partial charge in [0.1, 0.15) is 0 Å². The number of benzene rings is 1. The third kappa shape index (κ3) is 2.33. The highest BCUT2D eigenvalue weighted by Gasteiger charge is 2.29. The van der Waals surface area contributed by atoms with Gasteiger partial charge in [-0.2, -0.15) is 0 Å². The number of aliphatic hydroxyl groups excluding tert-OH is 1. The zero-order valence-corrected chi connectivity index (χ0v) is 9.61. The van der Waals surface area contributed by atoms with E-state index in [-0.39, 0.29) is 6.61 Å². The first-order chi connectivity index (χ1) is 7.20. The van der Waals surface area contributed by atoms with Crippen LogP contribution in [0.15, 0.2) is 24.3 Å². The number of nitrogens with zero attached hydrogens (tertiary/aromatic N) is 1. The van der Waals surface area contributed by atoms with Crippen LogP contribution in [0.5, 0.6) is 0 Å². The second-order valence-electron chi connectivity index (χ2n) is 4.29. The molecule has 2 atom stereocenters. The van der Waals surface area contributed by atoms with Gasteiger partial charge >= 0.3 is 0 Å². The summed E-state index contributed by atoms with van der Waals surface area (Å²) in [7, 11) is 2.10. The summed E-state index contributed by atoms with van der Waals surface area (Å²) in [5.74, 6) is 0.402. The third-order valence-corrected chi connectivity index (χ3v) is 3.36. The van der Waals surface area contributed by atoms with Crippen molar-refractivity contribution in [3.05, 3.63) is 34.9 Å². The lowest BCUT2D eigenvalue weighted by molar-refractivity contribution is 0.227. The smallest absolute Gasteiger partial charge is 0.0472 e. The van der Waals surface area contributed by atoms with Gasteiger partial charge in [0.15, 0.2) is 0 Å². The van der Waals surface area contributed by atoms with Gasteiger partial charge in [-0.1, -0.05) is 23.7 Å². The van der Waals surface area contributed by atoms with Crippen LogP contribution in [-0.2, 0) is 0 Å². The van der Waals surface area contributed by atoms with Crippen molar-refractivity contribution in [3.8, 4) is 0 Å². The summed E-state index contributed by atoms with van der Waals surface area (Å²) in [6.07, 6.45) is 1.02. The Bertz CT molecular complexity index is 342. The van der Waals surface area contributed by atoms with Crippen LogP contribution in [0.4, 0.5) is 0 Å². The van der Waals surface area contributed by atoms with E-state index < -0.39 is 0 Å². The molecule has 1 aromatic rings. The average molecular weight is 226 g/mol. The normalized spacial score (nSPS) is 27.1. The lowest BCUT2D eigenvalue weighted by Gasteiger charge is -2.19. The fourth-order valence-corrected chi connectivity index (χ4v) is 2.54. The van der Waals surface area contributed by atoms with Gasteiger partial charge in [-0.25, -0.2) is 0 Å². The van der Waals surface area contributed by atoms with Crippen LogP contribution in [0.1, 0.15) is 18.0 Å².